The highest BCUT2D eigenvalue weighted by Gasteiger charge is 2.16. The molecule has 0 spiro atoms. The van der Waals surface area contributed by atoms with Crippen molar-refractivity contribution in [2.24, 2.45) is 0 Å². The van der Waals surface area contributed by atoms with Crippen LogP contribution in [0.2, 0.25) is 0 Å². The van der Waals surface area contributed by atoms with E-state index in [1.165, 1.54) is 0 Å². The molecule has 0 bridgehead atoms. The summed E-state index contributed by atoms with van der Waals surface area (Å²) in [7, 11) is 1.72. The molecule has 1 aromatic rings. The molecule has 0 amide bonds. The van der Waals surface area contributed by atoms with Gasteiger partial charge in [-0.1, -0.05) is 6.92 Å². The summed E-state index contributed by atoms with van der Waals surface area (Å²) in [5, 5.41) is 11.7. The summed E-state index contributed by atoms with van der Waals surface area (Å²) >= 11 is 0. The van der Waals surface area contributed by atoms with Crippen LogP contribution in [0.15, 0.2) is 6.20 Å². The van der Waals surface area contributed by atoms with Gasteiger partial charge < -0.3 is 10.2 Å². The standard InChI is InChI=1S/C12H18FN5/c1-4-7-15-12-16-8-10(13)11(17-12)18(3)9(2)5-6-14/h8-9H,4-5,7H2,1-3H3,(H,15,16,17). The lowest BCUT2D eigenvalue weighted by molar-refractivity contribution is 0.592. The molecule has 18 heavy (non-hydrogen) atoms. The average Bonchev–Trinajstić information content (AvgIpc) is 2.37. The average molecular weight is 251 g/mol. The molecule has 0 saturated heterocycles. The van der Waals surface area contributed by atoms with Crippen LogP contribution in [0.4, 0.5) is 16.2 Å². The molecule has 6 heteroatoms. The van der Waals surface area contributed by atoms with Crippen LogP contribution in [0.25, 0.3) is 0 Å². The fraction of sp³-hybridized carbons (Fsp3) is 0.583. The van der Waals surface area contributed by atoms with E-state index in [9.17, 15) is 4.39 Å². The smallest absolute Gasteiger partial charge is 0.224 e. The van der Waals surface area contributed by atoms with Crippen molar-refractivity contribution < 1.29 is 4.39 Å². The van der Waals surface area contributed by atoms with Crippen LogP contribution in [-0.4, -0.2) is 29.6 Å². The fourth-order valence-electron chi connectivity index (χ4n) is 1.41. The SMILES string of the molecule is CCCNc1ncc(F)c(N(C)C(C)CC#N)n1. The Morgan fingerprint density at radius 3 is 2.94 bits per heavy atom. The first-order valence-electron chi connectivity index (χ1n) is 5.96. The van der Waals surface area contributed by atoms with Gasteiger partial charge in [-0.05, 0) is 13.3 Å². The van der Waals surface area contributed by atoms with Crippen LogP contribution in [-0.2, 0) is 0 Å². The van der Waals surface area contributed by atoms with E-state index < -0.39 is 5.82 Å². The number of halogens is 1. The van der Waals surface area contributed by atoms with Gasteiger partial charge in [0, 0.05) is 19.6 Å². The molecule has 0 aliphatic carbocycles. The van der Waals surface area contributed by atoms with Crippen LogP contribution in [0.1, 0.15) is 26.7 Å². The summed E-state index contributed by atoms with van der Waals surface area (Å²) < 4.78 is 13.7. The zero-order valence-electron chi connectivity index (χ0n) is 10.9. The summed E-state index contributed by atoms with van der Waals surface area (Å²) in [5.41, 5.74) is 0. The van der Waals surface area contributed by atoms with Gasteiger partial charge in [0.25, 0.3) is 0 Å². The summed E-state index contributed by atoms with van der Waals surface area (Å²) in [6.07, 6.45) is 2.41. The maximum absolute atomic E-state index is 13.7. The highest BCUT2D eigenvalue weighted by Crippen LogP contribution is 2.19. The molecule has 0 aliphatic heterocycles. The highest BCUT2D eigenvalue weighted by molar-refractivity contribution is 5.44. The topological polar surface area (TPSA) is 64.8 Å². The van der Waals surface area contributed by atoms with Crippen molar-refractivity contribution >= 4 is 11.8 Å². The molecule has 0 saturated carbocycles. The third-order valence-electron chi connectivity index (χ3n) is 2.64. The largest absolute Gasteiger partial charge is 0.354 e. The predicted molar refractivity (Wildman–Crippen MR) is 68.9 cm³/mol. The number of anilines is 2. The van der Waals surface area contributed by atoms with Crippen molar-refractivity contribution in [3.63, 3.8) is 0 Å². The highest BCUT2D eigenvalue weighted by atomic mass is 19.1. The minimum absolute atomic E-state index is 0.0987. The molecule has 1 rings (SSSR count). The van der Waals surface area contributed by atoms with E-state index in [1.807, 2.05) is 13.8 Å². The molecule has 98 valence electrons. The molecule has 0 aromatic carbocycles. The predicted octanol–water partition coefficient (Wildman–Crippen LogP) is 2.18. The van der Waals surface area contributed by atoms with Crippen molar-refractivity contribution in [3.05, 3.63) is 12.0 Å². The Hall–Kier alpha value is -1.90. The van der Waals surface area contributed by atoms with Gasteiger partial charge in [-0.3, -0.25) is 0 Å². The quantitative estimate of drug-likeness (QED) is 0.839. The van der Waals surface area contributed by atoms with Gasteiger partial charge in [-0.15, -0.1) is 0 Å². The molecular formula is C12H18FN5. The first-order valence-corrected chi connectivity index (χ1v) is 5.96. The maximum Gasteiger partial charge on any atom is 0.224 e. The third-order valence-corrected chi connectivity index (χ3v) is 2.64. The molecular weight excluding hydrogens is 233 g/mol. The first-order chi connectivity index (χ1) is 8.60. The lowest BCUT2D eigenvalue weighted by Gasteiger charge is -2.24. The van der Waals surface area contributed by atoms with Gasteiger partial charge in [0.05, 0.1) is 18.7 Å². The maximum atomic E-state index is 13.7. The van der Waals surface area contributed by atoms with Crippen molar-refractivity contribution in [1.29, 1.82) is 5.26 Å². The fourth-order valence-corrected chi connectivity index (χ4v) is 1.41. The van der Waals surface area contributed by atoms with E-state index in [0.717, 1.165) is 19.2 Å². The second-order valence-electron chi connectivity index (χ2n) is 4.11. The third kappa shape index (κ3) is 3.55. The van der Waals surface area contributed by atoms with Crippen LogP contribution in [0, 0.1) is 17.1 Å². The van der Waals surface area contributed by atoms with E-state index >= 15 is 0 Å². The van der Waals surface area contributed by atoms with Crippen LogP contribution < -0.4 is 10.2 Å². The number of nitriles is 1. The van der Waals surface area contributed by atoms with Gasteiger partial charge in [-0.25, -0.2) is 9.37 Å². The van der Waals surface area contributed by atoms with Gasteiger partial charge >= 0.3 is 0 Å². The van der Waals surface area contributed by atoms with Crippen molar-refractivity contribution in [2.75, 3.05) is 23.8 Å². The second-order valence-corrected chi connectivity index (χ2v) is 4.11. The first kappa shape index (κ1) is 14.2. The number of hydrogen-bond donors (Lipinski definition) is 1. The van der Waals surface area contributed by atoms with E-state index in [0.29, 0.717) is 12.4 Å². The van der Waals surface area contributed by atoms with Gasteiger partial charge in [0.1, 0.15) is 0 Å². The number of hydrogen-bond acceptors (Lipinski definition) is 5. The summed E-state index contributed by atoms with van der Waals surface area (Å²) in [6, 6.07) is 1.96. The van der Waals surface area contributed by atoms with Crippen molar-refractivity contribution in [2.45, 2.75) is 32.7 Å². The summed E-state index contributed by atoms with van der Waals surface area (Å²) in [6.45, 7) is 4.62. The Balaban J connectivity index is 2.89. The van der Waals surface area contributed by atoms with Gasteiger partial charge in [-0.2, -0.15) is 10.2 Å². The molecule has 1 N–H and O–H groups in total. The van der Waals surface area contributed by atoms with E-state index in [-0.39, 0.29) is 11.9 Å². The lowest BCUT2D eigenvalue weighted by atomic mass is 10.2. The minimum Gasteiger partial charge on any atom is -0.354 e. The van der Waals surface area contributed by atoms with Crippen LogP contribution in [0.5, 0.6) is 0 Å². The van der Waals surface area contributed by atoms with Crippen LogP contribution in [0.3, 0.4) is 0 Å². The molecule has 1 atom stereocenters. The molecule has 1 unspecified atom stereocenters. The van der Waals surface area contributed by atoms with E-state index in [4.69, 9.17) is 5.26 Å². The molecule has 0 aliphatic rings. The van der Waals surface area contributed by atoms with Crippen LogP contribution >= 0.6 is 0 Å². The lowest BCUT2D eigenvalue weighted by Crippen LogP contribution is -2.30. The van der Waals surface area contributed by atoms with Gasteiger partial charge in [0.15, 0.2) is 11.6 Å². The van der Waals surface area contributed by atoms with Crippen molar-refractivity contribution in [3.8, 4) is 6.07 Å². The number of nitrogens with zero attached hydrogens (tertiary/aromatic N) is 4. The number of rotatable bonds is 6. The summed E-state index contributed by atoms with van der Waals surface area (Å²) in [5.74, 6) is 0.139. The Kier molecular flexibility index (Phi) is 5.31. The second kappa shape index (κ2) is 6.74. The Labute approximate surface area is 107 Å². The summed E-state index contributed by atoms with van der Waals surface area (Å²) in [4.78, 5) is 9.66. The van der Waals surface area contributed by atoms with E-state index in [2.05, 4.69) is 21.4 Å². The molecule has 0 radical (unpaired) electrons. The number of aromatic nitrogens is 2. The Morgan fingerprint density at radius 2 is 2.33 bits per heavy atom. The van der Waals surface area contributed by atoms with Crippen molar-refractivity contribution in [1.82, 2.24) is 9.97 Å². The zero-order chi connectivity index (χ0) is 13.5. The molecule has 1 heterocycles. The number of nitrogens with one attached hydrogen (secondary N) is 1. The van der Waals surface area contributed by atoms with E-state index in [1.54, 1.807) is 11.9 Å². The minimum atomic E-state index is -0.482. The van der Waals surface area contributed by atoms with Gasteiger partial charge in [0.2, 0.25) is 5.95 Å². The zero-order valence-corrected chi connectivity index (χ0v) is 10.9. The normalized spacial score (nSPS) is 11.7. The molecule has 1 aromatic heterocycles. The molecule has 0 fully saturated rings. The Morgan fingerprint density at radius 1 is 1.61 bits per heavy atom. The molecule has 5 nitrogen and oxygen atoms in total. The monoisotopic (exact) mass is 251 g/mol. The Bertz CT molecular complexity index is 429.